The van der Waals surface area contributed by atoms with E-state index in [-0.39, 0.29) is 5.91 Å². The monoisotopic (exact) mass is 210 g/mol. The summed E-state index contributed by atoms with van der Waals surface area (Å²) in [5.74, 6) is 1.05. The SMILES string of the molecule is CC1CC2CCCCC2N1C(=O)CCN. The highest BCUT2D eigenvalue weighted by Gasteiger charge is 2.41. The Hall–Kier alpha value is -0.570. The van der Waals surface area contributed by atoms with Crippen LogP contribution >= 0.6 is 0 Å². The Morgan fingerprint density at radius 1 is 1.40 bits per heavy atom. The highest BCUT2D eigenvalue weighted by atomic mass is 16.2. The average Bonchev–Trinajstić information content (AvgIpc) is 2.54. The molecule has 2 rings (SSSR count). The molecule has 1 saturated carbocycles. The molecule has 1 aliphatic carbocycles. The van der Waals surface area contributed by atoms with Crippen LogP contribution in [0.2, 0.25) is 0 Å². The maximum absolute atomic E-state index is 12.0. The number of likely N-dealkylation sites (tertiary alicyclic amines) is 1. The van der Waals surface area contributed by atoms with Crippen molar-refractivity contribution in [3.63, 3.8) is 0 Å². The van der Waals surface area contributed by atoms with Crippen molar-refractivity contribution in [1.29, 1.82) is 0 Å². The molecule has 0 spiro atoms. The lowest BCUT2D eigenvalue weighted by Crippen LogP contribution is -2.42. The second-order valence-electron chi connectivity index (χ2n) is 5.04. The molecule has 1 amide bonds. The van der Waals surface area contributed by atoms with Gasteiger partial charge in [-0.2, -0.15) is 0 Å². The number of fused-ring (bicyclic) bond motifs is 1. The molecule has 2 N–H and O–H groups in total. The van der Waals surface area contributed by atoms with Crippen LogP contribution < -0.4 is 5.73 Å². The second kappa shape index (κ2) is 4.52. The van der Waals surface area contributed by atoms with Gasteiger partial charge in [0, 0.05) is 25.0 Å². The van der Waals surface area contributed by atoms with E-state index < -0.39 is 0 Å². The lowest BCUT2D eigenvalue weighted by molar-refractivity contribution is -0.134. The Morgan fingerprint density at radius 2 is 2.13 bits per heavy atom. The molecule has 2 fully saturated rings. The lowest BCUT2D eigenvalue weighted by atomic mass is 9.85. The van der Waals surface area contributed by atoms with E-state index in [2.05, 4.69) is 11.8 Å². The van der Waals surface area contributed by atoms with Gasteiger partial charge in [-0.05, 0) is 32.1 Å². The van der Waals surface area contributed by atoms with Gasteiger partial charge < -0.3 is 10.6 Å². The normalized spacial score (nSPS) is 35.3. The molecule has 0 aromatic carbocycles. The third-order valence-corrected chi connectivity index (χ3v) is 3.99. The van der Waals surface area contributed by atoms with Crippen molar-refractivity contribution in [2.75, 3.05) is 6.54 Å². The number of rotatable bonds is 2. The van der Waals surface area contributed by atoms with Gasteiger partial charge in [0.25, 0.3) is 0 Å². The smallest absolute Gasteiger partial charge is 0.224 e. The average molecular weight is 210 g/mol. The van der Waals surface area contributed by atoms with Crippen molar-refractivity contribution in [3.05, 3.63) is 0 Å². The summed E-state index contributed by atoms with van der Waals surface area (Å²) in [7, 11) is 0. The van der Waals surface area contributed by atoms with Gasteiger partial charge in [0.15, 0.2) is 0 Å². The number of carbonyl (C=O) groups is 1. The predicted molar refractivity (Wildman–Crippen MR) is 60.3 cm³/mol. The van der Waals surface area contributed by atoms with Gasteiger partial charge >= 0.3 is 0 Å². The molecule has 3 nitrogen and oxygen atoms in total. The number of amides is 1. The number of hydrogen-bond acceptors (Lipinski definition) is 2. The number of nitrogens with two attached hydrogens (primary N) is 1. The number of carbonyl (C=O) groups excluding carboxylic acids is 1. The molecule has 0 radical (unpaired) electrons. The fourth-order valence-electron chi connectivity index (χ4n) is 3.39. The molecule has 3 unspecified atom stereocenters. The van der Waals surface area contributed by atoms with Crippen LogP contribution in [0.1, 0.15) is 45.4 Å². The first-order chi connectivity index (χ1) is 7.24. The Labute approximate surface area is 92.0 Å². The third-order valence-electron chi connectivity index (χ3n) is 3.99. The lowest BCUT2D eigenvalue weighted by Gasteiger charge is -2.33. The molecule has 1 saturated heterocycles. The molecule has 3 heteroatoms. The van der Waals surface area contributed by atoms with Crippen LogP contribution in [0.15, 0.2) is 0 Å². The highest BCUT2D eigenvalue weighted by molar-refractivity contribution is 5.77. The van der Waals surface area contributed by atoms with Crippen molar-refractivity contribution in [2.45, 2.75) is 57.5 Å². The van der Waals surface area contributed by atoms with Gasteiger partial charge in [0.2, 0.25) is 5.91 Å². The molecule has 86 valence electrons. The summed E-state index contributed by atoms with van der Waals surface area (Å²) >= 11 is 0. The molecule has 15 heavy (non-hydrogen) atoms. The molecule has 0 aromatic heterocycles. The quantitative estimate of drug-likeness (QED) is 0.751. The number of hydrogen-bond donors (Lipinski definition) is 1. The van der Waals surface area contributed by atoms with Gasteiger partial charge in [0.1, 0.15) is 0 Å². The van der Waals surface area contributed by atoms with Crippen molar-refractivity contribution in [1.82, 2.24) is 4.90 Å². The van der Waals surface area contributed by atoms with Crippen LogP contribution in [0, 0.1) is 5.92 Å². The molecule has 1 aliphatic heterocycles. The highest BCUT2D eigenvalue weighted by Crippen LogP contribution is 2.39. The van der Waals surface area contributed by atoms with E-state index >= 15 is 0 Å². The molecular weight excluding hydrogens is 188 g/mol. The van der Waals surface area contributed by atoms with Gasteiger partial charge in [0.05, 0.1) is 0 Å². The summed E-state index contributed by atoms with van der Waals surface area (Å²) in [5, 5.41) is 0. The van der Waals surface area contributed by atoms with Crippen LogP contribution in [0.25, 0.3) is 0 Å². The standard InChI is InChI=1S/C12H22N2O/c1-9-8-10-4-2-3-5-11(10)14(9)12(15)6-7-13/h9-11H,2-8,13H2,1H3. The van der Waals surface area contributed by atoms with E-state index in [4.69, 9.17) is 5.73 Å². The van der Waals surface area contributed by atoms with Gasteiger partial charge in [-0.1, -0.05) is 12.8 Å². The van der Waals surface area contributed by atoms with Crippen LogP contribution in [-0.2, 0) is 4.79 Å². The Kier molecular flexibility index (Phi) is 3.29. The van der Waals surface area contributed by atoms with Gasteiger partial charge in [-0.3, -0.25) is 4.79 Å². The summed E-state index contributed by atoms with van der Waals surface area (Å²) in [6, 6.07) is 0.977. The van der Waals surface area contributed by atoms with E-state index in [1.54, 1.807) is 0 Å². The van der Waals surface area contributed by atoms with Crippen LogP contribution in [0.5, 0.6) is 0 Å². The minimum Gasteiger partial charge on any atom is -0.337 e. The molecule has 1 heterocycles. The summed E-state index contributed by atoms with van der Waals surface area (Å²) in [5.41, 5.74) is 5.46. The maximum Gasteiger partial charge on any atom is 0.224 e. The van der Waals surface area contributed by atoms with Crippen molar-refractivity contribution >= 4 is 5.91 Å². The van der Waals surface area contributed by atoms with Crippen molar-refractivity contribution in [3.8, 4) is 0 Å². The molecular formula is C12H22N2O. The van der Waals surface area contributed by atoms with Crippen LogP contribution in [0.3, 0.4) is 0 Å². The van der Waals surface area contributed by atoms with E-state index in [1.165, 1.54) is 32.1 Å². The second-order valence-corrected chi connectivity index (χ2v) is 5.04. The minimum absolute atomic E-state index is 0.277. The Morgan fingerprint density at radius 3 is 2.87 bits per heavy atom. The van der Waals surface area contributed by atoms with E-state index in [0.29, 0.717) is 25.0 Å². The van der Waals surface area contributed by atoms with Crippen LogP contribution in [0.4, 0.5) is 0 Å². The van der Waals surface area contributed by atoms with Crippen molar-refractivity contribution < 1.29 is 4.79 Å². The first kappa shape index (κ1) is 10.9. The fourth-order valence-corrected chi connectivity index (χ4v) is 3.39. The van der Waals surface area contributed by atoms with E-state index in [1.807, 2.05) is 0 Å². The van der Waals surface area contributed by atoms with Crippen LogP contribution in [-0.4, -0.2) is 29.4 Å². The van der Waals surface area contributed by atoms with Gasteiger partial charge in [-0.15, -0.1) is 0 Å². The van der Waals surface area contributed by atoms with Gasteiger partial charge in [-0.25, -0.2) is 0 Å². The third kappa shape index (κ3) is 2.03. The summed E-state index contributed by atoms with van der Waals surface area (Å²) in [4.78, 5) is 14.1. The topological polar surface area (TPSA) is 46.3 Å². The van der Waals surface area contributed by atoms with E-state index in [9.17, 15) is 4.79 Å². The zero-order chi connectivity index (χ0) is 10.8. The largest absolute Gasteiger partial charge is 0.337 e. The summed E-state index contributed by atoms with van der Waals surface area (Å²) in [6.45, 7) is 2.67. The van der Waals surface area contributed by atoms with Crippen molar-refractivity contribution in [2.24, 2.45) is 11.7 Å². The summed E-state index contributed by atoms with van der Waals surface area (Å²) in [6.07, 6.45) is 6.91. The fraction of sp³-hybridized carbons (Fsp3) is 0.917. The molecule has 2 aliphatic rings. The summed E-state index contributed by atoms with van der Waals surface area (Å²) < 4.78 is 0. The molecule has 0 bridgehead atoms. The zero-order valence-electron chi connectivity index (χ0n) is 9.61. The minimum atomic E-state index is 0.277. The first-order valence-corrected chi connectivity index (χ1v) is 6.25. The Bertz CT molecular complexity index is 242. The molecule has 3 atom stereocenters. The predicted octanol–water partition coefficient (Wildman–Crippen LogP) is 1.51. The maximum atomic E-state index is 12.0. The Balaban J connectivity index is 2.05. The molecule has 0 aromatic rings. The van der Waals surface area contributed by atoms with E-state index in [0.717, 1.165) is 5.92 Å². The zero-order valence-corrected chi connectivity index (χ0v) is 9.61. The number of nitrogens with zero attached hydrogens (tertiary/aromatic N) is 1. The first-order valence-electron chi connectivity index (χ1n) is 6.25.